The Balaban J connectivity index is 2.58. The molecular formula is C17H26F5NO3S. The lowest BCUT2D eigenvalue weighted by molar-refractivity contribution is -0.949. The molecule has 0 fully saturated rings. The first-order chi connectivity index (χ1) is 12.6. The molecule has 1 aliphatic heterocycles. The van der Waals surface area contributed by atoms with Crippen LogP contribution in [-0.4, -0.2) is 23.1 Å². The van der Waals surface area contributed by atoms with Crippen molar-refractivity contribution in [3.8, 4) is 0 Å². The molecule has 158 valence electrons. The predicted molar refractivity (Wildman–Crippen MR) is 89.8 cm³/mol. The Bertz CT molecular complexity index is 665. The van der Waals surface area contributed by atoms with E-state index >= 15 is 0 Å². The average Bonchev–Trinajstić information content (AvgIpc) is 2.61. The Labute approximate surface area is 157 Å². The van der Waals surface area contributed by atoms with Crippen LogP contribution < -0.4 is 0 Å². The van der Waals surface area contributed by atoms with Gasteiger partial charge in [0.15, 0.2) is 0 Å². The molecule has 1 heterocycles. The van der Waals surface area contributed by atoms with Crippen LogP contribution in [0.3, 0.4) is 0 Å². The van der Waals surface area contributed by atoms with E-state index in [0.29, 0.717) is 12.8 Å². The summed E-state index contributed by atoms with van der Waals surface area (Å²) in [5, 5.41) is 0. The predicted octanol–water partition coefficient (Wildman–Crippen LogP) is 6.10. The van der Waals surface area contributed by atoms with Gasteiger partial charge in [-0.3, -0.25) is 0 Å². The SMILES string of the molecule is CCCCCCCCCCCCC1C(F)=C(F)C(F)=C(F)[N+]1(F)S(=O)(=O)[O-]. The highest BCUT2D eigenvalue weighted by atomic mass is 32.2. The number of nitrogens with zero attached hydrogens (tertiary/aromatic N) is 1. The lowest BCUT2D eigenvalue weighted by Crippen LogP contribution is -2.53. The second-order valence-corrected chi connectivity index (χ2v) is 8.14. The van der Waals surface area contributed by atoms with Crippen LogP contribution in [-0.2, 0) is 10.3 Å². The summed E-state index contributed by atoms with van der Waals surface area (Å²) < 4.78 is 98.3. The molecule has 10 heteroatoms. The summed E-state index contributed by atoms with van der Waals surface area (Å²) in [5.41, 5.74) is 0. The monoisotopic (exact) mass is 419 g/mol. The third-order valence-electron chi connectivity index (χ3n) is 4.70. The molecule has 0 aromatic rings. The van der Waals surface area contributed by atoms with Gasteiger partial charge in [0.05, 0.1) is 0 Å². The standard InChI is InChI=1S/C17H26F5NO3S/c1-2-3-4-5-6-7-8-9-10-11-12-13-14(18)15(19)16(20)17(21)23(13,22)27(24,25)26/h13H,2-12H2,1H3. The van der Waals surface area contributed by atoms with Crippen molar-refractivity contribution in [3.63, 3.8) is 0 Å². The van der Waals surface area contributed by atoms with Crippen molar-refractivity contribution in [3.05, 3.63) is 23.4 Å². The smallest absolute Gasteiger partial charge is 0.378 e. The van der Waals surface area contributed by atoms with Gasteiger partial charge in [-0.1, -0.05) is 64.7 Å². The van der Waals surface area contributed by atoms with Crippen molar-refractivity contribution >= 4 is 10.3 Å². The zero-order valence-corrected chi connectivity index (χ0v) is 16.1. The molecule has 0 radical (unpaired) electrons. The molecule has 1 aliphatic rings. The maximum absolute atomic E-state index is 14.5. The number of hydrogen-bond acceptors (Lipinski definition) is 3. The molecule has 0 aliphatic carbocycles. The highest BCUT2D eigenvalue weighted by Gasteiger charge is 2.59. The van der Waals surface area contributed by atoms with Crippen LogP contribution in [0.4, 0.5) is 22.0 Å². The molecule has 0 aromatic heterocycles. The van der Waals surface area contributed by atoms with Gasteiger partial charge in [-0.05, 0) is 6.42 Å². The zero-order valence-electron chi connectivity index (χ0n) is 15.3. The number of rotatable bonds is 12. The van der Waals surface area contributed by atoms with Crippen molar-refractivity contribution in [2.45, 2.75) is 83.6 Å². The van der Waals surface area contributed by atoms with Crippen LogP contribution in [0, 0.1) is 0 Å². The van der Waals surface area contributed by atoms with Crippen molar-refractivity contribution in [2.75, 3.05) is 0 Å². The molecular weight excluding hydrogens is 393 g/mol. The van der Waals surface area contributed by atoms with Crippen LogP contribution in [0.5, 0.6) is 0 Å². The summed E-state index contributed by atoms with van der Waals surface area (Å²) in [6.07, 6.45) is 8.08. The molecule has 0 spiro atoms. The van der Waals surface area contributed by atoms with Gasteiger partial charge in [0.2, 0.25) is 17.7 Å². The fraction of sp³-hybridized carbons (Fsp3) is 0.765. The second-order valence-electron chi connectivity index (χ2n) is 6.76. The maximum atomic E-state index is 14.5. The third kappa shape index (κ3) is 5.74. The van der Waals surface area contributed by atoms with Crippen LogP contribution in [0.2, 0.25) is 0 Å². The van der Waals surface area contributed by atoms with Crippen molar-refractivity contribution in [1.29, 1.82) is 0 Å². The Kier molecular flexibility index (Phi) is 9.36. The van der Waals surface area contributed by atoms with Crippen LogP contribution in [0.1, 0.15) is 77.6 Å². The Morgan fingerprint density at radius 3 is 1.74 bits per heavy atom. The molecule has 1 rings (SSSR count). The second kappa shape index (κ2) is 10.5. The van der Waals surface area contributed by atoms with Gasteiger partial charge < -0.3 is 4.55 Å². The summed E-state index contributed by atoms with van der Waals surface area (Å²) >= 11 is 0. The van der Waals surface area contributed by atoms with Gasteiger partial charge in [0, 0.05) is 15.0 Å². The quantitative estimate of drug-likeness (QED) is 0.126. The minimum atomic E-state index is -6.17. The van der Waals surface area contributed by atoms with Gasteiger partial charge in [-0.25, -0.2) is 8.78 Å². The van der Waals surface area contributed by atoms with Crippen LogP contribution >= 0.6 is 0 Å². The molecule has 0 saturated carbocycles. The Hall–Kier alpha value is -1.00. The van der Waals surface area contributed by atoms with Crippen molar-refractivity contribution < 1.29 is 39.1 Å². The van der Waals surface area contributed by atoms with E-state index < -0.39 is 50.3 Å². The third-order valence-corrected chi connectivity index (χ3v) is 5.77. The summed E-state index contributed by atoms with van der Waals surface area (Å²) in [5.74, 6) is -9.83. The number of allylic oxidation sites excluding steroid dienone is 2. The van der Waals surface area contributed by atoms with Gasteiger partial charge in [-0.15, -0.1) is 4.39 Å². The highest BCUT2D eigenvalue weighted by molar-refractivity contribution is 7.80. The topological polar surface area (TPSA) is 57.2 Å². The van der Waals surface area contributed by atoms with Gasteiger partial charge in [0.1, 0.15) is 0 Å². The normalized spacial score (nSPS) is 24.0. The summed E-state index contributed by atoms with van der Waals surface area (Å²) in [6.45, 7) is 2.12. The molecule has 2 unspecified atom stereocenters. The van der Waals surface area contributed by atoms with E-state index in [0.717, 1.165) is 32.1 Å². The molecule has 0 amide bonds. The molecule has 2 atom stereocenters. The lowest BCUT2D eigenvalue weighted by Gasteiger charge is -2.33. The van der Waals surface area contributed by atoms with Crippen molar-refractivity contribution in [1.82, 2.24) is 0 Å². The molecule has 0 bridgehead atoms. The van der Waals surface area contributed by atoms with E-state index in [2.05, 4.69) is 6.92 Å². The van der Waals surface area contributed by atoms with Gasteiger partial charge in [0.25, 0.3) is 16.1 Å². The maximum Gasteiger partial charge on any atom is 0.378 e. The number of quaternary nitrogens is 1. The van der Waals surface area contributed by atoms with Gasteiger partial charge in [-0.2, -0.15) is 12.8 Å². The lowest BCUT2D eigenvalue weighted by atomic mass is 10.0. The van der Waals surface area contributed by atoms with Crippen LogP contribution in [0.25, 0.3) is 0 Å². The Morgan fingerprint density at radius 2 is 1.30 bits per heavy atom. The molecule has 0 saturated heterocycles. The summed E-state index contributed by atoms with van der Waals surface area (Å²) in [7, 11) is -6.17. The molecule has 4 nitrogen and oxygen atoms in total. The first-order valence-electron chi connectivity index (χ1n) is 9.24. The minimum absolute atomic E-state index is 0.0372. The molecule has 0 N–H and O–H groups in total. The number of unbranched alkanes of at least 4 members (excludes halogenated alkanes) is 9. The summed E-state index contributed by atoms with van der Waals surface area (Å²) in [6, 6.07) is -2.58. The number of halogens is 5. The van der Waals surface area contributed by atoms with E-state index in [1.165, 1.54) is 12.8 Å². The van der Waals surface area contributed by atoms with E-state index in [1.54, 1.807) is 0 Å². The van der Waals surface area contributed by atoms with Crippen molar-refractivity contribution in [2.24, 2.45) is 0 Å². The van der Waals surface area contributed by atoms with E-state index in [4.69, 9.17) is 0 Å². The Morgan fingerprint density at radius 1 is 0.852 bits per heavy atom. The number of hydrogen-bond donors (Lipinski definition) is 0. The average molecular weight is 419 g/mol. The van der Waals surface area contributed by atoms with Gasteiger partial charge >= 0.3 is 5.95 Å². The first-order valence-corrected chi connectivity index (χ1v) is 10.6. The first kappa shape index (κ1) is 24.0. The minimum Gasteiger partial charge on any atom is -0.699 e. The fourth-order valence-electron chi connectivity index (χ4n) is 3.13. The molecule has 27 heavy (non-hydrogen) atoms. The summed E-state index contributed by atoms with van der Waals surface area (Å²) in [4.78, 5) is 0. The van der Waals surface area contributed by atoms with E-state index in [-0.39, 0.29) is 6.42 Å². The molecule has 0 aromatic carbocycles. The zero-order chi connectivity index (χ0) is 20.7. The highest BCUT2D eigenvalue weighted by Crippen LogP contribution is 2.45. The largest absolute Gasteiger partial charge is 0.699 e. The van der Waals surface area contributed by atoms with Crippen LogP contribution in [0.15, 0.2) is 23.4 Å². The van der Waals surface area contributed by atoms with E-state index in [9.17, 15) is 35.0 Å². The van der Waals surface area contributed by atoms with E-state index in [1.807, 2.05) is 0 Å². The fourth-order valence-corrected chi connectivity index (χ4v) is 3.92.